The van der Waals surface area contributed by atoms with Crippen molar-refractivity contribution in [3.8, 4) is 5.75 Å². The molecule has 1 atom stereocenters. The Kier molecular flexibility index (Phi) is 4.92. The molecule has 0 bridgehead atoms. The first-order chi connectivity index (χ1) is 8.92. The molecule has 0 aliphatic rings. The molecule has 5 nitrogen and oxygen atoms in total. The second kappa shape index (κ2) is 6.22. The predicted molar refractivity (Wildman–Crippen MR) is 72.5 cm³/mol. The maximum Gasteiger partial charge on any atom is 0.327 e. The van der Waals surface area contributed by atoms with Crippen LogP contribution in [0.25, 0.3) is 0 Å². The summed E-state index contributed by atoms with van der Waals surface area (Å²) in [4.78, 5) is 23.8. The van der Waals surface area contributed by atoms with Crippen molar-refractivity contribution in [3.63, 3.8) is 0 Å². The van der Waals surface area contributed by atoms with Crippen LogP contribution < -0.4 is 9.64 Å². The van der Waals surface area contributed by atoms with E-state index in [2.05, 4.69) is 0 Å². The first-order valence-corrected chi connectivity index (χ1v) is 6.03. The Morgan fingerprint density at radius 3 is 2.47 bits per heavy atom. The summed E-state index contributed by atoms with van der Waals surface area (Å²) >= 11 is 0. The fourth-order valence-electron chi connectivity index (χ4n) is 1.98. The molecule has 5 heteroatoms. The van der Waals surface area contributed by atoms with E-state index < -0.39 is 12.0 Å². The molecule has 0 saturated heterocycles. The summed E-state index contributed by atoms with van der Waals surface area (Å²) in [7, 11) is 1.54. The molecule has 0 heterocycles. The summed E-state index contributed by atoms with van der Waals surface area (Å²) in [6.07, 6.45) is 0.545. The standard InChI is InChI=1S/C14H19NO4/c1-9(2)13(14(17)18)15(8-16)11-6-5-10(3)12(7-11)19-4/h5-9,13H,1-4H3,(H,17,18). The van der Waals surface area contributed by atoms with Crippen LogP contribution in [0.2, 0.25) is 0 Å². The van der Waals surface area contributed by atoms with E-state index in [1.807, 2.05) is 6.92 Å². The van der Waals surface area contributed by atoms with Gasteiger partial charge in [0.05, 0.1) is 7.11 Å². The number of ether oxygens (including phenoxy) is 1. The van der Waals surface area contributed by atoms with Gasteiger partial charge in [0.15, 0.2) is 0 Å². The highest BCUT2D eigenvalue weighted by Gasteiger charge is 2.29. The number of carboxylic acid groups (broad SMARTS) is 1. The van der Waals surface area contributed by atoms with Crippen molar-refractivity contribution in [2.45, 2.75) is 26.8 Å². The number of aryl methyl sites for hydroxylation is 1. The zero-order chi connectivity index (χ0) is 14.6. The van der Waals surface area contributed by atoms with Gasteiger partial charge in [-0.1, -0.05) is 19.9 Å². The highest BCUT2D eigenvalue weighted by molar-refractivity contribution is 5.88. The van der Waals surface area contributed by atoms with E-state index in [1.165, 1.54) is 12.0 Å². The Hall–Kier alpha value is -2.04. The van der Waals surface area contributed by atoms with E-state index in [9.17, 15) is 14.7 Å². The lowest BCUT2D eigenvalue weighted by atomic mass is 10.0. The number of hydrogen-bond donors (Lipinski definition) is 1. The van der Waals surface area contributed by atoms with Crippen LogP contribution in [0.1, 0.15) is 19.4 Å². The number of aliphatic carboxylic acids is 1. The number of rotatable bonds is 6. The summed E-state index contributed by atoms with van der Waals surface area (Å²) in [6, 6.07) is 4.28. The lowest BCUT2D eigenvalue weighted by Crippen LogP contribution is -2.44. The molecule has 1 N–H and O–H groups in total. The normalized spacial score (nSPS) is 12.1. The monoisotopic (exact) mass is 265 g/mol. The molecule has 0 radical (unpaired) electrons. The van der Waals surface area contributed by atoms with Crippen LogP contribution in [0.3, 0.4) is 0 Å². The molecule has 0 aromatic heterocycles. The minimum atomic E-state index is -1.03. The van der Waals surface area contributed by atoms with Crippen LogP contribution >= 0.6 is 0 Å². The summed E-state index contributed by atoms with van der Waals surface area (Å²) in [6.45, 7) is 5.41. The van der Waals surface area contributed by atoms with Gasteiger partial charge in [0.2, 0.25) is 6.41 Å². The number of hydrogen-bond acceptors (Lipinski definition) is 3. The lowest BCUT2D eigenvalue weighted by Gasteiger charge is -2.28. The van der Waals surface area contributed by atoms with Crippen molar-refractivity contribution >= 4 is 18.1 Å². The van der Waals surface area contributed by atoms with Gasteiger partial charge in [-0.05, 0) is 24.5 Å². The van der Waals surface area contributed by atoms with Gasteiger partial charge in [-0.2, -0.15) is 0 Å². The fraction of sp³-hybridized carbons (Fsp3) is 0.429. The zero-order valence-electron chi connectivity index (χ0n) is 11.6. The first-order valence-electron chi connectivity index (χ1n) is 6.03. The molecule has 104 valence electrons. The van der Waals surface area contributed by atoms with Gasteiger partial charge >= 0.3 is 5.97 Å². The minimum Gasteiger partial charge on any atom is -0.496 e. The molecular formula is C14H19NO4. The third-order valence-corrected chi connectivity index (χ3v) is 2.99. The van der Waals surface area contributed by atoms with Crippen LogP contribution in [0, 0.1) is 12.8 Å². The second-order valence-corrected chi connectivity index (χ2v) is 4.69. The van der Waals surface area contributed by atoms with Gasteiger partial charge in [0.25, 0.3) is 0 Å². The molecule has 1 rings (SSSR count). The quantitative estimate of drug-likeness (QED) is 0.800. The van der Waals surface area contributed by atoms with E-state index in [0.29, 0.717) is 17.8 Å². The largest absolute Gasteiger partial charge is 0.496 e. The second-order valence-electron chi connectivity index (χ2n) is 4.69. The third kappa shape index (κ3) is 3.24. The lowest BCUT2D eigenvalue weighted by molar-refractivity contribution is -0.140. The Labute approximate surface area is 112 Å². The number of anilines is 1. The molecule has 0 fully saturated rings. The van der Waals surface area contributed by atoms with Gasteiger partial charge in [-0.15, -0.1) is 0 Å². The van der Waals surface area contributed by atoms with Gasteiger partial charge in [0.1, 0.15) is 11.8 Å². The molecule has 0 spiro atoms. The van der Waals surface area contributed by atoms with Crippen molar-refractivity contribution in [1.29, 1.82) is 0 Å². The highest BCUT2D eigenvalue weighted by atomic mass is 16.5. The molecule has 1 unspecified atom stereocenters. The molecule has 0 aliphatic carbocycles. The van der Waals surface area contributed by atoms with Crippen molar-refractivity contribution in [1.82, 2.24) is 0 Å². The smallest absolute Gasteiger partial charge is 0.327 e. The van der Waals surface area contributed by atoms with Crippen LogP contribution in [0.5, 0.6) is 5.75 Å². The van der Waals surface area contributed by atoms with Crippen LogP contribution in [-0.4, -0.2) is 30.6 Å². The Morgan fingerprint density at radius 2 is 2.05 bits per heavy atom. The highest BCUT2D eigenvalue weighted by Crippen LogP contribution is 2.27. The Morgan fingerprint density at radius 1 is 1.42 bits per heavy atom. The van der Waals surface area contributed by atoms with E-state index in [1.54, 1.807) is 32.0 Å². The summed E-state index contributed by atoms with van der Waals surface area (Å²) in [5, 5.41) is 9.26. The maximum atomic E-state index is 11.3. The molecule has 1 aromatic rings. The van der Waals surface area contributed by atoms with E-state index in [-0.39, 0.29) is 5.92 Å². The number of methoxy groups -OCH3 is 1. The number of nitrogens with zero attached hydrogens (tertiary/aromatic N) is 1. The zero-order valence-corrected chi connectivity index (χ0v) is 11.6. The van der Waals surface area contributed by atoms with Crippen molar-refractivity contribution in [2.75, 3.05) is 12.0 Å². The average molecular weight is 265 g/mol. The fourth-order valence-corrected chi connectivity index (χ4v) is 1.98. The molecule has 1 amide bonds. The summed E-state index contributed by atoms with van der Waals surface area (Å²) < 4.78 is 5.19. The van der Waals surface area contributed by atoms with Crippen molar-refractivity contribution < 1.29 is 19.4 Å². The number of carboxylic acids is 1. The Balaban J connectivity index is 3.22. The van der Waals surface area contributed by atoms with Crippen LogP contribution in [0.15, 0.2) is 18.2 Å². The number of amides is 1. The van der Waals surface area contributed by atoms with E-state index >= 15 is 0 Å². The summed E-state index contributed by atoms with van der Waals surface area (Å²) in [5.41, 5.74) is 1.44. The minimum absolute atomic E-state index is 0.199. The molecule has 0 saturated carbocycles. The number of carbonyl (C=O) groups is 2. The Bertz CT molecular complexity index is 471. The number of carbonyl (C=O) groups excluding carboxylic acids is 1. The van der Waals surface area contributed by atoms with Crippen LogP contribution in [0.4, 0.5) is 5.69 Å². The summed E-state index contributed by atoms with van der Waals surface area (Å²) in [5.74, 6) is -0.603. The maximum absolute atomic E-state index is 11.3. The molecular weight excluding hydrogens is 246 g/mol. The van der Waals surface area contributed by atoms with Gasteiger partial charge in [-0.25, -0.2) is 4.79 Å². The predicted octanol–water partition coefficient (Wildman–Crippen LogP) is 2.08. The van der Waals surface area contributed by atoms with Crippen LogP contribution in [-0.2, 0) is 9.59 Å². The molecule has 0 aliphatic heterocycles. The van der Waals surface area contributed by atoms with Crippen molar-refractivity contribution in [2.24, 2.45) is 5.92 Å². The van der Waals surface area contributed by atoms with E-state index in [4.69, 9.17) is 4.74 Å². The topological polar surface area (TPSA) is 66.8 Å². The van der Waals surface area contributed by atoms with Gasteiger partial charge in [-0.3, -0.25) is 4.79 Å². The van der Waals surface area contributed by atoms with Crippen molar-refractivity contribution in [3.05, 3.63) is 23.8 Å². The van der Waals surface area contributed by atoms with Gasteiger partial charge in [0, 0.05) is 11.8 Å². The molecule has 19 heavy (non-hydrogen) atoms. The molecule has 1 aromatic carbocycles. The van der Waals surface area contributed by atoms with E-state index in [0.717, 1.165) is 5.56 Å². The number of benzene rings is 1. The third-order valence-electron chi connectivity index (χ3n) is 2.99. The van der Waals surface area contributed by atoms with Gasteiger partial charge < -0.3 is 14.7 Å². The SMILES string of the molecule is COc1cc(N(C=O)C(C(=O)O)C(C)C)ccc1C. The first kappa shape index (κ1) is 15.0. The average Bonchev–Trinajstić information content (AvgIpc) is 2.35.